The monoisotopic (exact) mass is 606 g/mol. The molecule has 6 aliphatic rings. The van der Waals surface area contributed by atoms with Crippen molar-refractivity contribution >= 4 is 11.9 Å². The average molecular weight is 607 g/mol. The van der Waals surface area contributed by atoms with E-state index < -0.39 is 22.8 Å². The van der Waals surface area contributed by atoms with Gasteiger partial charge >= 0.3 is 11.9 Å². The maximum atomic E-state index is 12.0. The summed E-state index contributed by atoms with van der Waals surface area (Å²) in [5.41, 5.74) is 4.46. The van der Waals surface area contributed by atoms with Gasteiger partial charge in [0, 0.05) is 0 Å². The van der Waals surface area contributed by atoms with E-state index in [1.54, 1.807) is 16.7 Å². The van der Waals surface area contributed by atoms with Crippen LogP contribution in [-0.2, 0) is 9.59 Å². The predicted molar refractivity (Wildman–Crippen MR) is 179 cm³/mol. The summed E-state index contributed by atoms with van der Waals surface area (Å²) in [5, 5.41) is 19.7. The second-order valence-electron chi connectivity index (χ2n) is 17.7. The molecule has 0 spiro atoms. The van der Waals surface area contributed by atoms with E-state index in [9.17, 15) is 19.8 Å². The molecule has 0 radical (unpaired) electrons. The van der Waals surface area contributed by atoms with Crippen molar-refractivity contribution in [3.05, 3.63) is 35.5 Å². The molecule has 0 aromatic heterocycles. The second kappa shape index (κ2) is 11.8. The highest BCUT2D eigenvalue weighted by Gasteiger charge is 2.58. The fourth-order valence-corrected chi connectivity index (χ4v) is 11.9. The summed E-state index contributed by atoms with van der Waals surface area (Å²) in [6, 6.07) is 0. The van der Waals surface area contributed by atoms with Crippen LogP contribution in [0, 0.1) is 56.7 Å². The topological polar surface area (TPSA) is 74.6 Å². The standard InChI is InChI=1S/C20H32O2.C20H30O2/c1-13(2)14-6-8-16-15(12-14)7-9-17-19(16,3)10-5-11-20(17,4)18(21)22;1-5-18(2)12-9-15-14(13-18)7-8-16-19(15,3)10-6-11-20(16,4)17(21)22/h13-14,17H,5-12H2,1-4H3,(H,21,22);5,7,15-16H,1,6,8-13H2,2-4H3,(H,21,22)/t14?,17?,19-,20-;15?,16?,18?,19-,20-/m11/s1. The van der Waals surface area contributed by atoms with Crippen molar-refractivity contribution in [3.8, 4) is 0 Å². The fraction of sp³-hybridized carbons (Fsp3) is 0.800. The maximum Gasteiger partial charge on any atom is 0.309 e. The lowest BCUT2D eigenvalue weighted by molar-refractivity contribution is -0.163. The van der Waals surface area contributed by atoms with E-state index in [-0.39, 0.29) is 22.2 Å². The molecule has 4 heteroatoms. The number of aliphatic carboxylic acids is 2. The Morgan fingerprint density at radius 2 is 1.50 bits per heavy atom. The zero-order valence-electron chi connectivity index (χ0n) is 29.1. The first kappa shape index (κ1) is 33.5. The minimum Gasteiger partial charge on any atom is -0.481 e. The van der Waals surface area contributed by atoms with Crippen molar-refractivity contribution < 1.29 is 19.8 Å². The highest BCUT2D eigenvalue weighted by Crippen LogP contribution is 2.64. The molecule has 0 amide bonds. The average Bonchev–Trinajstić information content (AvgIpc) is 2.96. The van der Waals surface area contributed by atoms with Crippen LogP contribution >= 0.6 is 0 Å². The Bertz CT molecular complexity index is 1230. The molecule has 5 unspecified atom stereocenters. The quantitative estimate of drug-likeness (QED) is 0.312. The van der Waals surface area contributed by atoms with Crippen LogP contribution in [0.1, 0.15) is 145 Å². The van der Waals surface area contributed by atoms with Crippen LogP contribution in [0.2, 0.25) is 0 Å². The van der Waals surface area contributed by atoms with Gasteiger partial charge in [-0.3, -0.25) is 9.59 Å². The van der Waals surface area contributed by atoms with Gasteiger partial charge in [-0.15, -0.1) is 6.58 Å². The molecule has 0 aliphatic heterocycles. The molecule has 44 heavy (non-hydrogen) atoms. The lowest BCUT2D eigenvalue weighted by Gasteiger charge is -2.58. The van der Waals surface area contributed by atoms with Crippen LogP contribution in [0.15, 0.2) is 35.5 Å². The Morgan fingerprint density at radius 3 is 2.11 bits per heavy atom. The highest BCUT2D eigenvalue weighted by atomic mass is 16.4. The van der Waals surface area contributed by atoms with Gasteiger partial charge < -0.3 is 10.2 Å². The highest BCUT2D eigenvalue weighted by molar-refractivity contribution is 5.75. The number of hydrogen-bond donors (Lipinski definition) is 2. The van der Waals surface area contributed by atoms with Crippen LogP contribution < -0.4 is 0 Å². The Labute approximate surface area is 268 Å². The molecule has 0 aromatic rings. The molecule has 3 saturated carbocycles. The lowest BCUT2D eigenvalue weighted by atomic mass is 9.45. The number of rotatable bonds is 4. The number of carbonyl (C=O) groups is 2. The molecule has 9 atom stereocenters. The first-order chi connectivity index (χ1) is 20.5. The largest absolute Gasteiger partial charge is 0.481 e. The molecule has 6 aliphatic carbocycles. The van der Waals surface area contributed by atoms with E-state index in [0.717, 1.165) is 63.2 Å². The molecule has 2 N–H and O–H groups in total. The molecular formula is C40H62O4. The molecule has 246 valence electrons. The van der Waals surface area contributed by atoms with Gasteiger partial charge in [-0.2, -0.15) is 0 Å². The third kappa shape index (κ3) is 5.36. The summed E-state index contributed by atoms with van der Waals surface area (Å²) in [6.45, 7) is 19.8. The summed E-state index contributed by atoms with van der Waals surface area (Å²) in [4.78, 5) is 23.9. The molecular weight excluding hydrogens is 544 g/mol. The van der Waals surface area contributed by atoms with Gasteiger partial charge in [-0.05, 0) is 143 Å². The molecule has 4 nitrogen and oxygen atoms in total. The first-order valence-electron chi connectivity index (χ1n) is 18.0. The van der Waals surface area contributed by atoms with Gasteiger partial charge in [0.05, 0.1) is 10.8 Å². The van der Waals surface area contributed by atoms with Gasteiger partial charge in [0.1, 0.15) is 0 Å². The van der Waals surface area contributed by atoms with E-state index in [0.29, 0.717) is 11.8 Å². The van der Waals surface area contributed by atoms with Gasteiger partial charge in [0.25, 0.3) is 0 Å². The van der Waals surface area contributed by atoms with Crippen molar-refractivity contribution in [2.75, 3.05) is 0 Å². The molecule has 0 heterocycles. The van der Waals surface area contributed by atoms with E-state index in [1.807, 2.05) is 13.8 Å². The zero-order chi connectivity index (χ0) is 32.3. The van der Waals surface area contributed by atoms with E-state index >= 15 is 0 Å². The number of fused-ring (bicyclic) bond motifs is 5. The summed E-state index contributed by atoms with van der Waals surface area (Å²) >= 11 is 0. The van der Waals surface area contributed by atoms with E-state index in [4.69, 9.17) is 0 Å². The second-order valence-corrected chi connectivity index (χ2v) is 17.7. The Balaban J connectivity index is 0.000000175. The van der Waals surface area contributed by atoms with Crippen LogP contribution in [0.4, 0.5) is 0 Å². The summed E-state index contributed by atoms with van der Waals surface area (Å²) in [7, 11) is 0. The third-order valence-corrected chi connectivity index (χ3v) is 14.9. The van der Waals surface area contributed by atoms with Gasteiger partial charge in [-0.25, -0.2) is 0 Å². The third-order valence-electron chi connectivity index (χ3n) is 14.9. The van der Waals surface area contributed by atoms with E-state index in [1.165, 1.54) is 44.9 Å². The van der Waals surface area contributed by atoms with Crippen molar-refractivity contribution in [1.82, 2.24) is 0 Å². The molecule has 3 fully saturated rings. The minimum absolute atomic E-state index is 0.154. The van der Waals surface area contributed by atoms with Crippen LogP contribution in [0.3, 0.4) is 0 Å². The van der Waals surface area contributed by atoms with Gasteiger partial charge in [0.2, 0.25) is 0 Å². The Hall–Kier alpha value is -1.84. The summed E-state index contributed by atoms with van der Waals surface area (Å²) in [6.07, 6.45) is 21.2. The van der Waals surface area contributed by atoms with Gasteiger partial charge in [-0.1, -0.05) is 76.3 Å². The van der Waals surface area contributed by atoms with Crippen LogP contribution in [-0.4, -0.2) is 22.2 Å². The lowest BCUT2D eigenvalue weighted by Crippen LogP contribution is -2.53. The number of carboxylic acid groups (broad SMARTS) is 2. The minimum atomic E-state index is -0.591. The van der Waals surface area contributed by atoms with Crippen molar-refractivity contribution in [2.45, 2.75) is 145 Å². The predicted octanol–water partition coefficient (Wildman–Crippen LogP) is 10.6. The number of hydrogen-bond acceptors (Lipinski definition) is 2. The van der Waals surface area contributed by atoms with Crippen molar-refractivity contribution in [1.29, 1.82) is 0 Å². The van der Waals surface area contributed by atoms with Crippen LogP contribution in [0.5, 0.6) is 0 Å². The van der Waals surface area contributed by atoms with Crippen molar-refractivity contribution in [3.63, 3.8) is 0 Å². The summed E-state index contributed by atoms with van der Waals surface area (Å²) < 4.78 is 0. The number of carboxylic acids is 2. The number of allylic oxidation sites excluding steroid dienone is 5. The van der Waals surface area contributed by atoms with Gasteiger partial charge in [0.15, 0.2) is 0 Å². The molecule has 0 saturated heterocycles. The smallest absolute Gasteiger partial charge is 0.309 e. The maximum absolute atomic E-state index is 12.0. The molecule has 0 aromatic carbocycles. The SMILES string of the molecule is C=CC1(C)CCC2C(=CCC3[C@]2(C)CCC[C@@]3(C)C(=O)O)C1.CC(C)C1CCC2=C(CCC3[C@](C)(C(=O)O)CCC[C@]23C)C1. The Morgan fingerprint density at radius 1 is 0.864 bits per heavy atom. The molecule has 6 rings (SSSR count). The van der Waals surface area contributed by atoms with Crippen molar-refractivity contribution in [2.24, 2.45) is 56.7 Å². The normalized spacial score (nSPS) is 45.0. The van der Waals surface area contributed by atoms with E-state index in [2.05, 4.69) is 53.3 Å². The Kier molecular flexibility index (Phi) is 8.95. The molecule has 0 bridgehead atoms. The first-order valence-corrected chi connectivity index (χ1v) is 18.0. The van der Waals surface area contributed by atoms with Crippen LogP contribution in [0.25, 0.3) is 0 Å². The zero-order valence-corrected chi connectivity index (χ0v) is 29.1. The summed E-state index contributed by atoms with van der Waals surface area (Å²) in [5.74, 6) is 1.66. The fourth-order valence-electron chi connectivity index (χ4n) is 11.9.